The molecule has 1 aromatic heterocycles. The summed E-state index contributed by atoms with van der Waals surface area (Å²) in [7, 11) is 0. The highest BCUT2D eigenvalue weighted by atomic mass is 19.4. The molecule has 1 heterocycles. The normalized spacial score (nSPS) is 12.5. The molecular weight excluding hydrogens is 317 g/mol. The van der Waals surface area contributed by atoms with Crippen molar-refractivity contribution in [3.05, 3.63) is 23.9 Å². The molecule has 1 unspecified atom stereocenters. The maximum absolute atomic E-state index is 12.1. The maximum Gasteiger partial charge on any atom is 0.422 e. The molecule has 0 radical (unpaired) electrons. The molecule has 128 valence electrons. The van der Waals surface area contributed by atoms with Gasteiger partial charge in [0.1, 0.15) is 0 Å². The number of nitrogens with zero attached hydrogens (tertiary/aromatic N) is 1. The van der Waals surface area contributed by atoms with Crippen LogP contribution in [0, 0.1) is 5.92 Å². The van der Waals surface area contributed by atoms with Crippen molar-refractivity contribution in [1.29, 1.82) is 0 Å². The van der Waals surface area contributed by atoms with Gasteiger partial charge in [0, 0.05) is 24.4 Å². The van der Waals surface area contributed by atoms with Gasteiger partial charge in [-0.1, -0.05) is 13.3 Å². The molecule has 0 bridgehead atoms. The Morgan fingerprint density at radius 2 is 2.13 bits per heavy atom. The van der Waals surface area contributed by atoms with E-state index < -0.39 is 30.6 Å². The number of aromatic nitrogens is 1. The lowest BCUT2D eigenvalue weighted by atomic mass is 10.0. The van der Waals surface area contributed by atoms with Crippen LogP contribution in [0.15, 0.2) is 18.3 Å². The van der Waals surface area contributed by atoms with Crippen LogP contribution in [0.4, 0.5) is 13.2 Å². The third-order valence-corrected chi connectivity index (χ3v) is 2.88. The number of amides is 1. The lowest BCUT2D eigenvalue weighted by Gasteiger charge is -2.13. The number of carboxylic acids is 1. The van der Waals surface area contributed by atoms with E-state index in [1.165, 1.54) is 6.07 Å². The topological polar surface area (TPSA) is 88.5 Å². The van der Waals surface area contributed by atoms with Crippen molar-refractivity contribution in [1.82, 2.24) is 10.3 Å². The van der Waals surface area contributed by atoms with Gasteiger partial charge in [0.05, 0.1) is 5.92 Å². The molecule has 0 saturated carbocycles. The highest BCUT2D eigenvalue weighted by molar-refractivity contribution is 5.94. The average molecular weight is 334 g/mol. The van der Waals surface area contributed by atoms with E-state index in [9.17, 15) is 22.8 Å². The van der Waals surface area contributed by atoms with Crippen LogP contribution < -0.4 is 10.1 Å². The Balaban J connectivity index is 2.64. The largest absolute Gasteiger partial charge is 0.481 e. The van der Waals surface area contributed by atoms with Gasteiger partial charge < -0.3 is 15.2 Å². The first-order chi connectivity index (χ1) is 10.7. The molecule has 2 N–H and O–H groups in total. The quantitative estimate of drug-likeness (QED) is 0.761. The number of rotatable bonds is 8. The summed E-state index contributed by atoms with van der Waals surface area (Å²) in [4.78, 5) is 26.5. The summed E-state index contributed by atoms with van der Waals surface area (Å²) in [6.07, 6.45) is -2.31. The molecular formula is C14H17F3N2O4. The van der Waals surface area contributed by atoms with Gasteiger partial charge >= 0.3 is 12.1 Å². The smallest absolute Gasteiger partial charge is 0.422 e. The zero-order chi connectivity index (χ0) is 17.5. The Morgan fingerprint density at radius 3 is 2.70 bits per heavy atom. The monoisotopic (exact) mass is 334 g/mol. The number of nitrogens with one attached hydrogen (secondary N) is 1. The summed E-state index contributed by atoms with van der Waals surface area (Å²) in [5.74, 6) is -2.67. The van der Waals surface area contributed by atoms with Crippen molar-refractivity contribution < 1.29 is 32.6 Å². The van der Waals surface area contributed by atoms with Gasteiger partial charge in [-0.3, -0.25) is 9.59 Å². The number of pyridine rings is 1. The van der Waals surface area contributed by atoms with Crippen LogP contribution in [0.2, 0.25) is 0 Å². The fraction of sp³-hybridized carbons (Fsp3) is 0.500. The minimum absolute atomic E-state index is 0.0396. The fourth-order valence-corrected chi connectivity index (χ4v) is 1.76. The molecule has 23 heavy (non-hydrogen) atoms. The Hall–Kier alpha value is -2.32. The van der Waals surface area contributed by atoms with Gasteiger partial charge in [-0.2, -0.15) is 13.2 Å². The zero-order valence-corrected chi connectivity index (χ0v) is 12.4. The second-order valence-corrected chi connectivity index (χ2v) is 4.82. The first-order valence-electron chi connectivity index (χ1n) is 6.89. The second-order valence-electron chi connectivity index (χ2n) is 4.82. The van der Waals surface area contributed by atoms with Crippen LogP contribution >= 0.6 is 0 Å². The minimum atomic E-state index is -4.51. The predicted octanol–water partition coefficient (Wildman–Crippen LogP) is 2.25. The summed E-state index contributed by atoms with van der Waals surface area (Å²) >= 11 is 0. The molecule has 0 aliphatic carbocycles. The molecule has 1 atom stereocenters. The zero-order valence-electron chi connectivity index (χ0n) is 12.4. The summed E-state index contributed by atoms with van der Waals surface area (Å²) in [6.45, 7) is 0.247. The van der Waals surface area contributed by atoms with Crippen LogP contribution in [0.3, 0.4) is 0 Å². The summed E-state index contributed by atoms with van der Waals surface area (Å²) < 4.78 is 40.7. The van der Waals surface area contributed by atoms with Crippen molar-refractivity contribution >= 4 is 11.9 Å². The van der Waals surface area contributed by atoms with E-state index in [-0.39, 0.29) is 18.0 Å². The van der Waals surface area contributed by atoms with Crippen molar-refractivity contribution in [2.75, 3.05) is 13.2 Å². The van der Waals surface area contributed by atoms with Gasteiger partial charge in [-0.05, 0) is 12.5 Å². The molecule has 0 fully saturated rings. The average Bonchev–Trinajstić information content (AvgIpc) is 2.48. The van der Waals surface area contributed by atoms with E-state index >= 15 is 0 Å². The Bertz CT molecular complexity index is 549. The number of carbonyl (C=O) groups is 2. The third kappa shape index (κ3) is 6.98. The van der Waals surface area contributed by atoms with E-state index in [1.807, 2.05) is 6.92 Å². The molecule has 6 nitrogen and oxygen atoms in total. The molecule has 1 aromatic rings. The highest BCUT2D eigenvalue weighted by Gasteiger charge is 2.28. The van der Waals surface area contributed by atoms with Crippen LogP contribution in [0.1, 0.15) is 30.1 Å². The summed E-state index contributed by atoms with van der Waals surface area (Å²) in [5.41, 5.74) is 0.0396. The first kappa shape index (κ1) is 18.7. The molecule has 1 amide bonds. The van der Waals surface area contributed by atoms with Crippen LogP contribution in [0.25, 0.3) is 0 Å². The van der Waals surface area contributed by atoms with Crippen molar-refractivity contribution in [3.63, 3.8) is 0 Å². The second kappa shape index (κ2) is 8.35. The van der Waals surface area contributed by atoms with E-state index in [4.69, 9.17) is 5.11 Å². The lowest BCUT2D eigenvalue weighted by Crippen LogP contribution is -2.33. The molecule has 0 saturated heterocycles. The van der Waals surface area contributed by atoms with Gasteiger partial charge in [0.2, 0.25) is 5.88 Å². The van der Waals surface area contributed by atoms with Gasteiger partial charge in [0.25, 0.3) is 5.91 Å². The maximum atomic E-state index is 12.1. The van der Waals surface area contributed by atoms with E-state index in [0.29, 0.717) is 12.8 Å². The number of carbonyl (C=O) groups excluding carboxylic acids is 1. The summed E-state index contributed by atoms with van der Waals surface area (Å²) in [5, 5.41) is 11.4. The van der Waals surface area contributed by atoms with E-state index in [0.717, 1.165) is 12.3 Å². The molecule has 0 spiro atoms. The van der Waals surface area contributed by atoms with Crippen LogP contribution in [-0.2, 0) is 4.79 Å². The van der Waals surface area contributed by atoms with Gasteiger partial charge in [-0.25, -0.2) is 4.98 Å². The Morgan fingerprint density at radius 1 is 1.43 bits per heavy atom. The van der Waals surface area contributed by atoms with Crippen LogP contribution in [-0.4, -0.2) is 41.3 Å². The molecule has 0 aromatic carbocycles. The number of hydrogen-bond acceptors (Lipinski definition) is 4. The number of halogens is 3. The molecule has 1 rings (SSSR count). The van der Waals surface area contributed by atoms with Crippen LogP contribution in [0.5, 0.6) is 5.88 Å². The molecule has 0 aliphatic rings. The fourth-order valence-electron chi connectivity index (χ4n) is 1.76. The molecule has 9 heteroatoms. The van der Waals surface area contributed by atoms with Crippen molar-refractivity contribution in [2.24, 2.45) is 5.92 Å². The number of hydrogen-bond donors (Lipinski definition) is 2. The standard InChI is InChI=1S/C14H17F3N2O4/c1-2-3-10(13(21)22)7-19-12(20)9-4-5-18-11(6-9)23-8-14(15,16)17/h4-6,10H,2-3,7-8H2,1H3,(H,19,20)(H,21,22). The SMILES string of the molecule is CCCC(CNC(=O)c1ccnc(OCC(F)(F)F)c1)C(=O)O. The Kier molecular flexibility index (Phi) is 6.80. The number of ether oxygens (including phenoxy) is 1. The number of aliphatic carboxylic acids is 1. The van der Waals surface area contributed by atoms with Gasteiger partial charge in [0.15, 0.2) is 6.61 Å². The first-order valence-corrected chi connectivity index (χ1v) is 6.89. The third-order valence-electron chi connectivity index (χ3n) is 2.88. The van der Waals surface area contributed by atoms with Crippen molar-refractivity contribution in [3.8, 4) is 5.88 Å². The number of alkyl halides is 3. The Labute approximate surface area is 130 Å². The molecule has 0 aliphatic heterocycles. The van der Waals surface area contributed by atoms with Crippen molar-refractivity contribution in [2.45, 2.75) is 25.9 Å². The predicted molar refractivity (Wildman–Crippen MR) is 74.2 cm³/mol. The minimum Gasteiger partial charge on any atom is -0.481 e. The van der Waals surface area contributed by atoms with E-state index in [2.05, 4.69) is 15.0 Å². The van der Waals surface area contributed by atoms with E-state index in [1.54, 1.807) is 0 Å². The highest BCUT2D eigenvalue weighted by Crippen LogP contribution is 2.17. The summed E-state index contributed by atoms with van der Waals surface area (Å²) in [6, 6.07) is 2.36. The van der Waals surface area contributed by atoms with Gasteiger partial charge in [-0.15, -0.1) is 0 Å². The number of carboxylic acid groups (broad SMARTS) is 1. The lowest BCUT2D eigenvalue weighted by molar-refractivity contribution is -0.154.